The summed E-state index contributed by atoms with van der Waals surface area (Å²) in [4.78, 5) is 13.0. The van der Waals surface area contributed by atoms with Gasteiger partial charge in [0.1, 0.15) is 0 Å². The van der Waals surface area contributed by atoms with E-state index in [-0.39, 0.29) is 18.6 Å². The normalized spacial score (nSPS) is 27.6. The van der Waals surface area contributed by atoms with E-state index in [0.717, 1.165) is 0 Å². The molecule has 0 aromatic rings. The van der Waals surface area contributed by atoms with Crippen LogP contribution in [-0.4, -0.2) is 59.9 Å². The molecular weight excluding hydrogens is 172 g/mol. The van der Waals surface area contributed by atoms with Gasteiger partial charge in [-0.3, -0.25) is 4.79 Å². The van der Waals surface area contributed by atoms with Crippen molar-refractivity contribution < 1.29 is 15.0 Å². The second-order valence-electron chi connectivity index (χ2n) is 3.33. The Labute approximate surface area is 77.3 Å². The van der Waals surface area contributed by atoms with Crippen molar-refractivity contribution in [3.8, 4) is 0 Å². The number of likely N-dealkylation sites (N-methyl/N-ethyl adjacent to an activating group) is 1. The first-order valence-electron chi connectivity index (χ1n) is 4.42. The van der Waals surface area contributed by atoms with Crippen LogP contribution in [0.15, 0.2) is 0 Å². The van der Waals surface area contributed by atoms with Gasteiger partial charge in [-0.25, -0.2) is 0 Å². The van der Waals surface area contributed by atoms with Gasteiger partial charge in [0, 0.05) is 20.1 Å². The van der Waals surface area contributed by atoms with Crippen molar-refractivity contribution in [1.29, 1.82) is 0 Å². The second kappa shape index (κ2) is 4.55. The summed E-state index contributed by atoms with van der Waals surface area (Å²) >= 11 is 0. The molecule has 2 unspecified atom stereocenters. The average molecular weight is 188 g/mol. The molecule has 0 aliphatic carbocycles. The molecule has 0 aromatic carbocycles. The van der Waals surface area contributed by atoms with Crippen molar-refractivity contribution in [1.82, 2.24) is 10.2 Å². The van der Waals surface area contributed by atoms with E-state index in [4.69, 9.17) is 5.11 Å². The fraction of sp³-hybridized carbons (Fsp3) is 0.875. The number of hydrogen-bond donors (Lipinski definition) is 3. The summed E-state index contributed by atoms with van der Waals surface area (Å²) in [5, 5.41) is 20.7. The zero-order chi connectivity index (χ0) is 9.84. The highest BCUT2D eigenvalue weighted by Crippen LogP contribution is 2.08. The standard InChI is InChI=1S/C8H16N2O3/c1-10(2-3-11)8(13)7-4-6(12)5-9-7/h6-7,9,11-12H,2-5H2,1H3. The number of rotatable bonds is 3. The van der Waals surface area contributed by atoms with Gasteiger partial charge in [-0.2, -0.15) is 0 Å². The molecule has 5 nitrogen and oxygen atoms in total. The van der Waals surface area contributed by atoms with Gasteiger partial charge in [0.05, 0.1) is 18.8 Å². The molecule has 5 heteroatoms. The van der Waals surface area contributed by atoms with Crippen molar-refractivity contribution in [3.63, 3.8) is 0 Å². The number of carbonyl (C=O) groups excluding carboxylic acids is 1. The third kappa shape index (κ3) is 2.65. The van der Waals surface area contributed by atoms with Crippen LogP contribution in [0.25, 0.3) is 0 Å². The third-order valence-corrected chi connectivity index (χ3v) is 2.22. The molecule has 76 valence electrons. The highest BCUT2D eigenvalue weighted by atomic mass is 16.3. The maximum absolute atomic E-state index is 11.5. The summed E-state index contributed by atoms with van der Waals surface area (Å²) in [5.41, 5.74) is 0. The van der Waals surface area contributed by atoms with Crippen LogP contribution < -0.4 is 5.32 Å². The first kappa shape index (κ1) is 10.4. The van der Waals surface area contributed by atoms with Crippen molar-refractivity contribution in [3.05, 3.63) is 0 Å². The van der Waals surface area contributed by atoms with Crippen molar-refractivity contribution in [2.24, 2.45) is 0 Å². The lowest BCUT2D eigenvalue weighted by molar-refractivity contribution is -0.132. The van der Waals surface area contributed by atoms with E-state index in [9.17, 15) is 9.90 Å². The van der Waals surface area contributed by atoms with Crippen LogP contribution >= 0.6 is 0 Å². The molecule has 1 amide bonds. The van der Waals surface area contributed by atoms with E-state index < -0.39 is 6.10 Å². The summed E-state index contributed by atoms with van der Waals surface area (Å²) in [7, 11) is 1.64. The number of nitrogens with zero attached hydrogens (tertiary/aromatic N) is 1. The lowest BCUT2D eigenvalue weighted by Crippen LogP contribution is -2.42. The predicted octanol–water partition coefficient (Wildman–Crippen LogP) is -1.84. The number of β-amino-alcohol motifs (C(OH)–C–C–N with tert-alkyl or cyclic N) is 1. The lowest BCUT2D eigenvalue weighted by atomic mass is 10.2. The first-order chi connectivity index (χ1) is 6.15. The van der Waals surface area contributed by atoms with Crippen LogP contribution in [0, 0.1) is 0 Å². The summed E-state index contributed by atoms with van der Waals surface area (Å²) in [5.74, 6) is -0.0643. The topological polar surface area (TPSA) is 72.8 Å². The van der Waals surface area contributed by atoms with Gasteiger partial charge in [-0.1, -0.05) is 0 Å². The molecule has 13 heavy (non-hydrogen) atoms. The Balaban J connectivity index is 2.38. The van der Waals surface area contributed by atoms with Crippen LogP contribution in [0.3, 0.4) is 0 Å². The van der Waals surface area contributed by atoms with Crippen molar-refractivity contribution in [2.45, 2.75) is 18.6 Å². The van der Waals surface area contributed by atoms with E-state index in [0.29, 0.717) is 19.5 Å². The monoisotopic (exact) mass is 188 g/mol. The van der Waals surface area contributed by atoms with Crippen molar-refractivity contribution >= 4 is 5.91 Å². The Morgan fingerprint density at radius 1 is 1.69 bits per heavy atom. The number of aliphatic hydroxyl groups excluding tert-OH is 2. The van der Waals surface area contributed by atoms with Crippen LogP contribution in [0.4, 0.5) is 0 Å². The molecule has 0 radical (unpaired) electrons. The molecule has 2 atom stereocenters. The van der Waals surface area contributed by atoms with E-state index in [1.807, 2.05) is 0 Å². The maximum atomic E-state index is 11.5. The zero-order valence-electron chi connectivity index (χ0n) is 7.73. The van der Waals surface area contributed by atoms with Gasteiger partial charge < -0.3 is 20.4 Å². The Hall–Kier alpha value is -0.650. The lowest BCUT2D eigenvalue weighted by Gasteiger charge is -2.19. The highest BCUT2D eigenvalue weighted by molar-refractivity contribution is 5.82. The number of nitrogens with one attached hydrogen (secondary N) is 1. The molecule has 1 rings (SSSR count). The molecule has 0 saturated carbocycles. The van der Waals surface area contributed by atoms with Crippen LogP contribution in [0.2, 0.25) is 0 Å². The minimum Gasteiger partial charge on any atom is -0.395 e. The van der Waals surface area contributed by atoms with E-state index in [1.54, 1.807) is 7.05 Å². The van der Waals surface area contributed by atoms with Gasteiger partial charge in [0.2, 0.25) is 5.91 Å². The predicted molar refractivity (Wildman–Crippen MR) is 47.1 cm³/mol. The Bertz CT molecular complexity index is 186. The minimum absolute atomic E-state index is 0.0302. The summed E-state index contributed by atoms with van der Waals surface area (Å²) in [6.45, 7) is 0.786. The van der Waals surface area contributed by atoms with Crippen LogP contribution in [-0.2, 0) is 4.79 Å². The molecule has 0 bridgehead atoms. The maximum Gasteiger partial charge on any atom is 0.239 e. The van der Waals surface area contributed by atoms with E-state index in [1.165, 1.54) is 4.90 Å². The quantitative estimate of drug-likeness (QED) is 0.486. The molecule has 1 heterocycles. The number of amides is 1. The minimum atomic E-state index is -0.420. The van der Waals surface area contributed by atoms with Gasteiger partial charge in [0.25, 0.3) is 0 Å². The molecule has 1 aliphatic heterocycles. The molecular formula is C8H16N2O3. The number of aliphatic hydroxyl groups is 2. The van der Waals surface area contributed by atoms with Gasteiger partial charge in [-0.05, 0) is 6.42 Å². The van der Waals surface area contributed by atoms with Crippen LogP contribution in [0.1, 0.15) is 6.42 Å². The van der Waals surface area contributed by atoms with Gasteiger partial charge >= 0.3 is 0 Å². The molecule has 1 saturated heterocycles. The smallest absolute Gasteiger partial charge is 0.239 e. The van der Waals surface area contributed by atoms with E-state index >= 15 is 0 Å². The fourth-order valence-corrected chi connectivity index (χ4v) is 1.43. The first-order valence-corrected chi connectivity index (χ1v) is 4.42. The molecule has 0 spiro atoms. The zero-order valence-corrected chi connectivity index (χ0v) is 7.73. The number of carbonyl (C=O) groups is 1. The van der Waals surface area contributed by atoms with Crippen LogP contribution in [0.5, 0.6) is 0 Å². The van der Waals surface area contributed by atoms with Crippen molar-refractivity contribution in [2.75, 3.05) is 26.7 Å². The summed E-state index contributed by atoms with van der Waals surface area (Å²) in [6, 6.07) is -0.286. The SMILES string of the molecule is CN(CCO)C(=O)C1CC(O)CN1. The second-order valence-corrected chi connectivity index (χ2v) is 3.33. The third-order valence-electron chi connectivity index (χ3n) is 2.22. The highest BCUT2D eigenvalue weighted by Gasteiger charge is 2.29. The molecule has 1 aliphatic rings. The Kier molecular flexibility index (Phi) is 3.65. The summed E-state index contributed by atoms with van der Waals surface area (Å²) < 4.78 is 0. The number of hydrogen-bond acceptors (Lipinski definition) is 4. The fourth-order valence-electron chi connectivity index (χ4n) is 1.43. The average Bonchev–Trinajstić information content (AvgIpc) is 2.51. The Morgan fingerprint density at radius 3 is 2.85 bits per heavy atom. The van der Waals surface area contributed by atoms with E-state index in [2.05, 4.69) is 5.32 Å². The largest absolute Gasteiger partial charge is 0.395 e. The molecule has 1 fully saturated rings. The summed E-state index contributed by atoms with van der Waals surface area (Å²) in [6.07, 6.45) is 0.0469. The molecule has 0 aromatic heterocycles. The Morgan fingerprint density at radius 2 is 2.38 bits per heavy atom. The van der Waals surface area contributed by atoms with Gasteiger partial charge in [0.15, 0.2) is 0 Å². The molecule has 3 N–H and O–H groups in total. The van der Waals surface area contributed by atoms with Gasteiger partial charge in [-0.15, -0.1) is 0 Å².